The van der Waals surface area contributed by atoms with E-state index >= 15 is 0 Å². The van der Waals surface area contributed by atoms with E-state index in [0.717, 1.165) is 0 Å². The van der Waals surface area contributed by atoms with Crippen molar-refractivity contribution in [2.24, 2.45) is 7.05 Å². The minimum absolute atomic E-state index is 0.277. The van der Waals surface area contributed by atoms with E-state index in [0.29, 0.717) is 16.3 Å². The van der Waals surface area contributed by atoms with Crippen LogP contribution < -0.4 is 5.32 Å². The predicted octanol–water partition coefficient (Wildman–Crippen LogP) is 1.72. The molecule has 6 heteroatoms. The summed E-state index contributed by atoms with van der Waals surface area (Å²) in [6.45, 7) is 0. The van der Waals surface area contributed by atoms with E-state index in [1.165, 1.54) is 12.4 Å². The molecule has 2 aromatic rings. The van der Waals surface area contributed by atoms with Crippen LogP contribution in [0.3, 0.4) is 0 Å². The quantitative estimate of drug-likeness (QED) is 0.864. The lowest BCUT2D eigenvalue weighted by Crippen LogP contribution is -2.12. The molecule has 0 fully saturated rings. The molecule has 0 aliphatic heterocycles. The van der Waals surface area contributed by atoms with E-state index in [2.05, 4.69) is 15.4 Å². The molecule has 0 bridgehead atoms. The minimum Gasteiger partial charge on any atom is -0.319 e. The Morgan fingerprint density at radius 1 is 1.50 bits per heavy atom. The van der Waals surface area contributed by atoms with Gasteiger partial charge in [-0.2, -0.15) is 5.10 Å². The monoisotopic (exact) mass is 236 g/mol. The standard InChI is InChI=1S/C10H9ClN4O/c1-15-6-7(4-13-15)14-10(16)8-2-3-12-5-9(8)11/h2-6H,1H3,(H,14,16). The van der Waals surface area contributed by atoms with E-state index in [9.17, 15) is 4.79 Å². The molecule has 2 aromatic heterocycles. The Bertz CT molecular complexity index is 523. The lowest BCUT2D eigenvalue weighted by atomic mass is 10.2. The number of aryl methyl sites for hydroxylation is 1. The van der Waals surface area contributed by atoms with Crippen LogP contribution in [0.1, 0.15) is 10.4 Å². The fourth-order valence-electron chi connectivity index (χ4n) is 1.24. The number of pyridine rings is 1. The first-order chi connectivity index (χ1) is 7.66. The maximum atomic E-state index is 11.8. The van der Waals surface area contributed by atoms with Crippen molar-refractivity contribution < 1.29 is 4.79 Å². The number of hydrogen-bond donors (Lipinski definition) is 1. The number of nitrogens with zero attached hydrogens (tertiary/aromatic N) is 3. The highest BCUT2D eigenvalue weighted by molar-refractivity contribution is 6.34. The molecule has 0 aromatic carbocycles. The van der Waals surface area contributed by atoms with Crippen molar-refractivity contribution in [2.75, 3.05) is 5.32 Å². The maximum Gasteiger partial charge on any atom is 0.257 e. The first-order valence-electron chi connectivity index (χ1n) is 4.56. The van der Waals surface area contributed by atoms with Crippen molar-refractivity contribution in [3.8, 4) is 0 Å². The van der Waals surface area contributed by atoms with Gasteiger partial charge in [-0.3, -0.25) is 14.5 Å². The smallest absolute Gasteiger partial charge is 0.257 e. The molecule has 5 nitrogen and oxygen atoms in total. The third kappa shape index (κ3) is 2.20. The van der Waals surface area contributed by atoms with Gasteiger partial charge in [0.25, 0.3) is 5.91 Å². The number of halogens is 1. The summed E-state index contributed by atoms with van der Waals surface area (Å²) in [7, 11) is 1.77. The van der Waals surface area contributed by atoms with E-state index in [-0.39, 0.29) is 5.91 Å². The van der Waals surface area contributed by atoms with E-state index in [1.807, 2.05) is 0 Å². The third-order valence-corrected chi connectivity index (χ3v) is 2.28. The summed E-state index contributed by atoms with van der Waals surface area (Å²) in [6.07, 6.45) is 6.21. The predicted molar refractivity (Wildman–Crippen MR) is 60.4 cm³/mol. The summed E-state index contributed by atoms with van der Waals surface area (Å²) in [6, 6.07) is 1.56. The first kappa shape index (κ1) is 10.6. The van der Waals surface area contributed by atoms with Crippen LogP contribution in [0.15, 0.2) is 30.9 Å². The largest absolute Gasteiger partial charge is 0.319 e. The molecule has 82 valence electrons. The normalized spacial score (nSPS) is 10.1. The van der Waals surface area contributed by atoms with Crippen LogP contribution in [-0.2, 0) is 7.05 Å². The van der Waals surface area contributed by atoms with Crippen molar-refractivity contribution in [3.63, 3.8) is 0 Å². The maximum absolute atomic E-state index is 11.8. The SMILES string of the molecule is Cn1cc(NC(=O)c2ccncc2Cl)cn1. The van der Waals surface area contributed by atoms with Crippen molar-refractivity contribution in [1.82, 2.24) is 14.8 Å². The summed E-state index contributed by atoms with van der Waals surface area (Å²) in [5.41, 5.74) is 1.01. The Morgan fingerprint density at radius 3 is 2.94 bits per heavy atom. The number of nitrogens with one attached hydrogen (secondary N) is 1. The van der Waals surface area contributed by atoms with Gasteiger partial charge in [-0.25, -0.2) is 0 Å². The molecule has 2 rings (SSSR count). The van der Waals surface area contributed by atoms with Gasteiger partial charge in [0.2, 0.25) is 0 Å². The summed E-state index contributed by atoms with van der Waals surface area (Å²) in [5.74, 6) is -0.277. The zero-order valence-corrected chi connectivity index (χ0v) is 9.27. The van der Waals surface area contributed by atoms with Crippen molar-refractivity contribution in [3.05, 3.63) is 41.4 Å². The number of anilines is 1. The Labute approximate surface area is 97.1 Å². The molecule has 0 aliphatic carbocycles. The Balaban J connectivity index is 2.18. The molecule has 0 saturated carbocycles. The first-order valence-corrected chi connectivity index (χ1v) is 4.94. The van der Waals surface area contributed by atoms with E-state index < -0.39 is 0 Å². The Morgan fingerprint density at radius 2 is 2.31 bits per heavy atom. The van der Waals surface area contributed by atoms with Gasteiger partial charge < -0.3 is 5.32 Å². The van der Waals surface area contributed by atoms with Crippen LogP contribution >= 0.6 is 11.6 Å². The van der Waals surface area contributed by atoms with Gasteiger partial charge >= 0.3 is 0 Å². The number of aromatic nitrogens is 3. The molecule has 0 unspecified atom stereocenters. The van der Waals surface area contributed by atoms with Crippen molar-refractivity contribution in [1.29, 1.82) is 0 Å². The molecule has 16 heavy (non-hydrogen) atoms. The minimum atomic E-state index is -0.277. The fraction of sp³-hybridized carbons (Fsp3) is 0.100. The van der Waals surface area contributed by atoms with Crippen LogP contribution in [0.4, 0.5) is 5.69 Å². The average molecular weight is 237 g/mol. The molecule has 2 heterocycles. The summed E-state index contributed by atoms with van der Waals surface area (Å²) >= 11 is 5.85. The molecule has 0 aliphatic rings. The Kier molecular flexibility index (Phi) is 2.87. The molecule has 0 saturated heterocycles. The second kappa shape index (κ2) is 4.32. The van der Waals surface area contributed by atoms with Gasteiger partial charge in [0.05, 0.1) is 22.5 Å². The molecule has 1 amide bonds. The number of rotatable bonds is 2. The van der Waals surface area contributed by atoms with Gasteiger partial charge in [-0.15, -0.1) is 0 Å². The molecule has 0 spiro atoms. The lowest BCUT2D eigenvalue weighted by molar-refractivity contribution is 0.102. The van der Waals surface area contributed by atoms with Crippen LogP contribution in [0.25, 0.3) is 0 Å². The Hall–Kier alpha value is -1.88. The average Bonchev–Trinajstić information content (AvgIpc) is 2.64. The molecular formula is C10H9ClN4O. The number of hydrogen-bond acceptors (Lipinski definition) is 3. The zero-order valence-electron chi connectivity index (χ0n) is 8.51. The number of carbonyl (C=O) groups excluding carboxylic acids is 1. The van der Waals surface area contributed by atoms with Crippen molar-refractivity contribution >= 4 is 23.2 Å². The summed E-state index contributed by atoms with van der Waals surface area (Å²) < 4.78 is 1.60. The van der Waals surface area contributed by atoms with Gasteiger partial charge in [0, 0.05) is 25.6 Å². The summed E-state index contributed by atoms with van der Waals surface area (Å²) in [4.78, 5) is 15.6. The second-order valence-electron chi connectivity index (χ2n) is 3.21. The van der Waals surface area contributed by atoms with E-state index in [1.54, 1.807) is 30.2 Å². The highest BCUT2D eigenvalue weighted by Crippen LogP contribution is 2.15. The third-order valence-electron chi connectivity index (χ3n) is 1.98. The summed E-state index contributed by atoms with van der Waals surface area (Å²) in [5, 5.41) is 6.95. The fourth-order valence-corrected chi connectivity index (χ4v) is 1.45. The van der Waals surface area contributed by atoms with Gasteiger partial charge in [-0.05, 0) is 6.07 Å². The van der Waals surface area contributed by atoms with Crippen LogP contribution in [0, 0.1) is 0 Å². The molecule has 1 N–H and O–H groups in total. The van der Waals surface area contributed by atoms with Crippen LogP contribution in [0.2, 0.25) is 5.02 Å². The van der Waals surface area contributed by atoms with Crippen LogP contribution in [0.5, 0.6) is 0 Å². The molecular weight excluding hydrogens is 228 g/mol. The number of carbonyl (C=O) groups is 1. The lowest BCUT2D eigenvalue weighted by Gasteiger charge is -2.03. The molecule has 0 atom stereocenters. The van der Waals surface area contributed by atoms with E-state index in [4.69, 9.17) is 11.6 Å². The highest BCUT2D eigenvalue weighted by Gasteiger charge is 2.10. The highest BCUT2D eigenvalue weighted by atomic mass is 35.5. The van der Waals surface area contributed by atoms with Crippen LogP contribution in [-0.4, -0.2) is 20.7 Å². The molecule has 0 radical (unpaired) electrons. The van der Waals surface area contributed by atoms with Gasteiger partial charge in [0.15, 0.2) is 0 Å². The second-order valence-corrected chi connectivity index (χ2v) is 3.62. The van der Waals surface area contributed by atoms with Gasteiger partial charge in [-0.1, -0.05) is 11.6 Å². The van der Waals surface area contributed by atoms with Crippen molar-refractivity contribution in [2.45, 2.75) is 0 Å². The number of amides is 1. The van der Waals surface area contributed by atoms with Gasteiger partial charge in [0.1, 0.15) is 0 Å². The topological polar surface area (TPSA) is 59.8 Å². The zero-order chi connectivity index (χ0) is 11.5.